The van der Waals surface area contributed by atoms with E-state index in [1.807, 2.05) is 6.20 Å². The summed E-state index contributed by atoms with van der Waals surface area (Å²) < 4.78 is 9.31. The van der Waals surface area contributed by atoms with Gasteiger partial charge in [-0.05, 0) is 106 Å². The van der Waals surface area contributed by atoms with E-state index in [0.717, 1.165) is 39.2 Å². The molecule has 8 aromatic rings. The third-order valence-corrected chi connectivity index (χ3v) is 15.0. The number of rotatable bonds is 11. The maximum absolute atomic E-state index is 7.06. The Labute approximate surface area is 439 Å². The minimum absolute atomic E-state index is 0. The predicted molar refractivity (Wildman–Crippen MR) is 295 cm³/mol. The largest absolute Gasteiger partial charge is 2.00 e. The SMILES string of the molecule is CC(C)c1cc(Oc2[c-]c3c(cc2)c2cc(C(C)(C)C)ccc2n3-c2cc(C(C)(C)C)ccn2)[c-]c(C2=NC(C)(C)[C@](C)(C(c3ccccc3)c3ccccc3)N2c2c(C(C)C)cccc2C(C)C)c1.[Pt+2]. The van der Waals surface area contributed by atoms with Gasteiger partial charge in [0, 0.05) is 34.8 Å². The molecule has 1 atom stereocenters. The van der Waals surface area contributed by atoms with Gasteiger partial charge in [0.05, 0.1) is 16.9 Å². The number of nitrogens with zero attached hydrogens (tertiary/aromatic N) is 4. The standard InChI is InChI=1S/C65H72N4O.Pt/c1-41(2)46-35-47(37-51(36-46)70-50-30-31-54-55-38-48(62(7,8)9)29-32-56(55)68(57(54)40-50)58-39-49(33-34-66-58)63(10,11)12)61-67-64(13,14)65(15,59(44-23-18-16-19-24-44)45-25-20-17-21-26-45)69(61)60-52(42(3)4)27-22-28-53(60)43(5)6;/h16-36,38-39,41-43,59H,1-15H3;/q-2;+2/t65-;/m0./s1. The van der Waals surface area contributed by atoms with Gasteiger partial charge in [-0.15, -0.1) is 34.7 Å². The van der Waals surface area contributed by atoms with Crippen LogP contribution < -0.4 is 9.64 Å². The second-order valence-corrected chi connectivity index (χ2v) is 23.3. The van der Waals surface area contributed by atoms with Crippen LogP contribution in [-0.2, 0) is 31.9 Å². The van der Waals surface area contributed by atoms with Crippen molar-refractivity contribution in [1.29, 1.82) is 0 Å². The Morgan fingerprint density at radius 3 is 1.72 bits per heavy atom. The van der Waals surface area contributed by atoms with Gasteiger partial charge in [0.15, 0.2) is 0 Å². The van der Waals surface area contributed by atoms with Crippen molar-refractivity contribution in [3.05, 3.63) is 196 Å². The molecule has 0 unspecified atom stereocenters. The molecule has 6 heteroatoms. The number of hydrogen-bond donors (Lipinski definition) is 0. The summed E-state index contributed by atoms with van der Waals surface area (Å²) in [6.07, 6.45) is 1.93. The molecule has 2 aromatic heterocycles. The molecule has 0 spiro atoms. The van der Waals surface area contributed by atoms with Crippen LogP contribution in [0, 0.1) is 12.1 Å². The number of benzene rings is 6. The van der Waals surface area contributed by atoms with Crippen molar-refractivity contribution >= 4 is 33.3 Å². The van der Waals surface area contributed by atoms with E-state index in [1.165, 1.54) is 44.5 Å². The first-order valence-electron chi connectivity index (χ1n) is 25.4. The first-order chi connectivity index (χ1) is 33.1. The van der Waals surface area contributed by atoms with Crippen molar-refractivity contribution in [2.75, 3.05) is 4.90 Å². The number of hydrogen-bond acceptors (Lipinski definition) is 4. The molecule has 0 amide bonds. The molecule has 1 aliphatic heterocycles. The first-order valence-corrected chi connectivity index (χ1v) is 25.4. The van der Waals surface area contributed by atoms with E-state index in [9.17, 15) is 0 Å². The van der Waals surface area contributed by atoms with Crippen molar-refractivity contribution in [2.45, 2.75) is 149 Å². The number of aliphatic imine (C=N–C) groups is 1. The Balaban J connectivity index is 0.00000676. The fourth-order valence-electron chi connectivity index (χ4n) is 10.7. The molecule has 5 nitrogen and oxygen atoms in total. The molecule has 368 valence electrons. The van der Waals surface area contributed by atoms with Gasteiger partial charge in [0.2, 0.25) is 0 Å². The van der Waals surface area contributed by atoms with Gasteiger partial charge < -0.3 is 19.2 Å². The fraction of sp³-hybridized carbons (Fsp3) is 0.354. The smallest absolute Gasteiger partial charge is 0.503 e. The van der Waals surface area contributed by atoms with Crippen molar-refractivity contribution < 1.29 is 25.8 Å². The molecular weight excluding hydrogens is 1050 g/mol. The van der Waals surface area contributed by atoms with E-state index in [4.69, 9.17) is 14.7 Å². The van der Waals surface area contributed by atoms with E-state index in [-0.39, 0.29) is 55.6 Å². The average molecular weight is 1120 g/mol. The summed E-state index contributed by atoms with van der Waals surface area (Å²) in [6, 6.07) is 56.5. The van der Waals surface area contributed by atoms with Crippen molar-refractivity contribution in [3.63, 3.8) is 0 Å². The third-order valence-electron chi connectivity index (χ3n) is 15.0. The minimum Gasteiger partial charge on any atom is -0.503 e. The summed E-state index contributed by atoms with van der Waals surface area (Å²) in [5, 5.41) is 2.27. The molecule has 0 bridgehead atoms. The minimum atomic E-state index is -0.597. The van der Waals surface area contributed by atoms with Crippen LogP contribution in [0.4, 0.5) is 5.69 Å². The Morgan fingerprint density at radius 2 is 1.15 bits per heavy atom. The molecule has 9 rings (SSSR count). The maximum atomic E-state index is 7.06. The Kier molecular flexibility index (Phi) is 14.0. The van der Waals surface area contributed by atoms with Gasteiger partial charge in [0.25, 0.3) is 0 Å². The van der Waals surface area contributed by atoms with Crippen LogP contribution in [0.3, 0.4) is 0 Å². The molecule has 0 radical (unpaired) electrons. The first kappa shape index (κ1) is 51.6. The zero-order valence-corrected chi connectivity index (χ0v) is 46.9. The molecule has 0 saturated carbocycles. The number of pyridine rings is 1. The van der Waals surface area contributed by atoms with Crippen LogP contribution in [0.5, 0.6) is 11.5 Å². The predicted octanol–water partition coefficient (Wildman–Crippen LogP) is 17.2. The zero-order valence-electron chi connectivity index (χ0n) is 44.6. The van der Waals surface area contributed by atoms with Crippen LogP contribution in [-0.4, -0.2) is 26.5 Å². The molecule has 71 heavy (non-hydrogen) atoms. The number of ether oxygens (including phenoxy) is 1. The van der Waals surface area contributed by atoms with Crippen LogP contribution in [0.2, 0.25) is 0 Å². The summed E-state index contributed by atoms with van der Waals surface area (Å²) in [7, 11) is 0. The quantitative estimate of drug-likeness (QED) is 0.121. The Hall–Kier alpha value is -5.77. The molecule has 0 fully saturated rings. The molecule has 0 N–H and O–H groups in total. The number of anilines is 1. The third kappa shape index (κ3) is 9.45. The van der Waals surface area contributed by atoms with Gasteiger partial charge in [-0.2, -0.15) is 6.07 Å². The van der Waals surface area contributed by atoms with E-state index in [0.29, 0.717) is 11.5 Å². The summed E-state index contributed by atoms with van der Waals surface area (Å²) in [5.74, 6) is 3.65. The molecular formula is C65H72N4OPt. The molecule has 3 heterocycles. The molecule has 0 saturated heterocycles. The van der Waals surface area contributed by atoms with Gasteiger partial charge in [-0.3, -0.25) is 0 Å². The summed E-state index contributed by atoms with van der Waals surface area (Å²) in [5.41, 5.74) is 11.6. The molecule has 1 aliphatic rings. The number of aromatic nitrogens is 2. The number of amidine groups is 1. The maximum Gasteiger partial charge on any atom is 2.00 e. The molecule has 6 aromatic carbocycles. The van der Waals surface area contributed by atoms with Crippen LogP contribution in [0.1, 0.15) is 172 Å². The van der Waals surface area contributed by atoms with Gasteiger partial charge in [-0.1, -0.05) is 192 Å². The number of fused-ring (bicyclic) bond motifs is 3. The van der Waals surface area contributed by atoms with E-state index in [1.54, 1.807) is 0 Å². The van der Waals surface area contributed by atoms with Gasteiger partial charge in [0.1, 0.15) is 5.82 Å². The summed E-state index contributed by atoms with van der Waals surface area (Å²) in [4.78, 5) is 13.5. The molecule has 0 aliphatic carbocycles. The second kappa shape index (κ2) is 19.3. The number of para-hydroxylation sites is 1. The van der Waals surface area contributed by atoms with E-state index in [2.05, 4.69) is 259 Å². The van der Waals surface area contributed by atoms with Crippen molar-refractivity contribution in [1.82, 2.24) is 9.55 Å². The topological polar surface area (TPSA) is 42.6 Å². The second-order valence-electron chi connectivity index (χ2n) is 23.3. The van der Waals surface area contributed by atoms with E-state index >= 15 is 0 Å². The van der Waals surface area contributed by atoms with Crippen molar-refractivity contribution in [3.8, 4) is 17.3 Å². The Bertz CT molecular complexity index is 3170. The Morgan fingerprint density at radius 1 is 0.563 bits per heavy atom. The fourth-order valence-corrected chi connectivity index (χ4v) is 10.7. The van der Waals surface area contributed by atoms with Crippen molar-refractivity contribution in [2.24, 2.45) is 4.99 Å². The summed E-state index contributed by atoms with van der Waals surface area (Å²) in [6.45, 7) is 34.4. The normalized spacial score (nSPS) is 16.2. The van der Waals surface area contributed by atoms with Crippen LogP contribution in [0.25, 0.3) is 27.6 Å². The average Bonchev–Trinajstić information content (AvgIpc) is 3.75. The monoisotopic (exact) mass is 1120 g/mol. The van der Waals surface area contributed by atoms with E-state index < -0.39 is 11.1 Å². The van der Waals surface area contributed by atoms with Crippen LogP contribution in [0.15, 0.2) is 145 Å². The van der Waals surface area contributed by atoms with Gasteiger partial charge in [-0.25, -0.2) is 4.98 Å². The summed E-state index contributed by atoms with van der Waals surface area (Å²) >= 11 is 0. The zero-order chi connectivity index (χ0) is 50.1. The van der Waals surface area contributed by atoms with Crippen LogP contribution >= 0.6 is 0 Å². The van der Waals surface area contributed by atoms with Gasteiger partial charge >= 0.3 is 21.1 Å².